The molecule has 1 atom stereocenters. The van der Waals surface area contributed by atoms with Gasteiger partial charge in [-0.3, -0.25) is 4.98 Å². The van der Waals surface area contributed by atoms with Crippen LogP contribution in [0.5, 0.6) is 0 Å². The van der Waals surface area contributed by atoms with Gasteiger partial charge in [0.25, 0.3) is 0 Å². The van der Waals surface area contributed by atoms with Crippen LogP contribution in [0, 0.1) is 12.3 Å². The summed E-state index contributed by atoms with van der Waals surface area (Å²) < 4.78 is 2.31. The number of aliphatic hydroxyl groups is 1. The van der Waals surface area contributed by atoms with Crippen molar-refractivity contribution in [2.24, 2.45) is 5.41 Å². The number of aromatic nitrogens is 2. The molecular weight excluding hydrogens is 248 g/mol. The van der Waals surface area contributed by atoms with Crippen molar-refractivity contribution in [3.8, 4) is 0 Å². The van der Waals surface area contributed by atoms with Gasteiger partial charge in [0.1, 0.15) is 0 Å². The first kappa shape index (κ1) is 13.4. The SMILES string of the molecule is Cc1cc2c(n1Cc1ccccn1)CC(C)(C)CC2O. The third-order valence-electron chi connectivity index (χ3n) is 4.25. The lowest BCUT2D eigenvalue weighted by molar-refractivity contribution is 0.0981. The molecule has 1 aliphatic rings. The zero-order valence-corrected chi connectivity index (χ0v) is 12.4. The molecule has 1 aliphatic carbocycles. The van der Waals surface area contributed by atoms with Crippen molar-refractivity contribution in [2.75, 3.05) is 0 Å². The standard InChI is InChI=1S/C17H22N2O/c1-12-8-14-15(9-17(2,3)10-16(14)20)19(12)11-13-6-4-5-7-18-13/h4-8,16,20H,9-11H2,1-3H3. The second-order valence-corrected chi connectivity index (χ2v) is 6.66. The first-order valence-corrected chi connectivity index (χ1v) is 7.23. The quantitative estimate of drug-likeness (QED) is 0.909. The Bertz CT molecular complexity index is 613. The van der Waals surface area contributed by atoms with Gasteiger partial charge in [-0.1, -0.05) is 19.9 Å². The van der Waals surface area contributed by atoms with Crippen molar-refractivity contribution in [3.63, 3.8) is 0 Å². The van der Waals surface area contributed by atoms with Crippen LogP contribution in [-0.2, 0) is 13.0 Å². The van der Waals surface area contributed by atoms with Crippen molar-refractivity contribution in [1.29, 1.82) is 0 Å². The second kappa shape index (κ2) is 4.74. The van der Waals surface area contributed by atoms with Gasteiger partial charge in [-0.2, -0.15) is 0 Å². The maximum Gasteiger partial charge on any atom is 0.0812 e. The van der Waals surface area contributed by atoms with Gasteiger partial charge in [-0.25, -0.2) is 0 Å². The molecule has 0 bridgehead atoms. The zero-order valence-electron chi connectivity index (χ0n) is 12.4. The number of aliphatic hydroxyl groups excluding tert-OH is 1. The Kier molecular flexibility index (Phi) is 3.17. The normalized spacial score (nSPS) is 20.7. The Hall–Kier alpha value is -1.61. The van der Waals surface area contributed by atoms with Crippen LogP contribution in [0.4, 0.5) is 0 Å². The Morgan fingerprint density at radius 2 is 2.20 bits per heavy atom. The van der Waals surface area contributed by atoms with Gasteiger partial charge in [-0.05, 0) is 43.4 Å². The van der Waals surface area contributed by atoms with E-state index in [0.29, 0.717) is 0 Å². The predicted octanol–water partition coefficient (Wildman–Crippen LogP) is 3.25. The van der Waals surface area contributed by atoms with Crippen molar-refractivity contribution < 1.29 is 5.11 Å². The third kappa shape index (κ3) is 2.38. The highest BCUT2D eigenvalue weighted by Gasteiger charge is 2.34. The third-order valence-corrected chi connectivity index (χ3v) is 4.25. The number of pyridine rings is 1. The number of hydrogen-bond donors (Lipinski definition) is 1. The number of nitrogens with zero attached hydrogens (tertiary/aromatic N) is 2. The summed E-state index contributed by atoms with van der Waals surface area (Å²) in [6, 6.07) is 8.15. The fourth-order valence-corrected chi connectivity index (χ4v) is 3.27. The van der Waals surface area contributed by atoms with Crippen molar-refractivity contribution in [3.05, 3.63) is 53.1 Å². The second-order valence-electron chi connectivity index (χ2n) is 6.66. The number of fused-ring (bicyclic) bond motifs is 1. The number of aryl methyl sites for hydroxylation is 1. The summed E-state index contributed by atoms with van der Waals surface area (Å²) in [4.78, 5) is 4.42. The van der Waals surface area contributed by atoms with Crippen molar-refractivity contribution in [2.45, 2.75) is 46.3 Å². The molecule has 1 N–H and O–H groups in total. The van der Waals surface area contributed by atoms with Crippen LogP contribution in [0.2, 0.25) is 0 Å². The molecule has 0 saturated carbocycles. The van der Waals surface area contributed by atoms with E-state index in [0.717, 1.165) is 30.6 Å². The van der Waals surface area contributed by atoms with Gasteiger partial charge in [0.05, 0.1) is 18.3 Å². The minimum Gasteiger partial charge on any atom is -0.388 e. The molecule has 2 aromatic rings. The van der Waals surface area contributed by atoms with E-state index < -0.39 is 0 Å². The highest BCUT2D eigenvalue weighted by atomic mass is 16.3. The van der Waals surface area contributed by atoms with E-state index in [1.165, 1.54) is 11.4 Å². The van der Waals surface area contributed by atoms with Gasteiger partial charge in [0, 0.05) is 23.1 Å². The highest BCUT2D eigenvalue weighted by Crippen LogP contribution is 2.42. The Morgan fingerprint density at radius 3 is 2.90 bits per heavy atom. The number of hydrogen-bond acceptors (Lipinski definition) is 2. The maximum atomic E-state index is 10.4. The van der Waals surface area contributed by atoms with Crippen molar-refractivity contribution in [1.82, 2.24) is 9.55 Å². The van der Waals surface area contributed by atoms with E-state index in [2.05, 4.69) is 42.5 Å². The molecule has 106 valence electrons. The van der Waals surface area contributed by atoms with Gasteiger partial charge in [-0.15, -0.1) is 0 Å². The summed E-state index contributed by atoms with van der Waals surface area (Å²) in [7, 11) is 0. The van der Waals surface area contributed by atoms with Gasteiger partial charge < -0.3 is 9.67 Å². The van der Waals surface area contributed by atoms with E-state index in [1.54, 1.807) is 0 Å². The molecule has 2 aromatic heterocycles. The minimum atomic E-state index is -0.336. The molecule has 2 heterocycles. The van der Waals surface area contributed by atoms with E-state index >= 15 is 0 Å². The minimum absolute atomic E-state index is 0.152. The van der Waals surface area contributed by atoms with Crippen LogP contribution in [0.25, 0.3) is 0 Å². The van der Waals surface area contributed by atoms with E-state index in [-0.39, 0.29) is 11.5 Å². The first-order chi connectivity index (χ1) is 9.46. The van der Waals surface area contributed by atoms with Crippen LogP contribution in [0.3, 0.4) is 0 Å². The van der Waals surface area contributed by atoms with E-state index in [1.807, 2.05) is 18.3 Å². The summed E-state index contributed by atoms with van der Waals surface area (Å²) in [6.45, 7) is 7.35. The molecular formula is C17H22N2O. The largest absolute Gasteiger partial charge is 0.388 e. The van der Waals surface area contributed by atoms with Gasteiger partial charge in [0.2, 0.25) is 0 Å². The summed E-state index contributed by atoms with van der Waals surface area (Å²) >= 11 is 0. The van der Waals surface area contributed by atoms with Crippen LogP contribution in [0.15, 0.2) is 30.5 Å². The molecule has 0 amide bonds. The lowest BCUT2D eigenvalue weighted by Gasteiger charge is -2.34. The van der Waals surface area contributed by atoms with Crippen LogP contribution in [0.1, 0.15) is 49.0 Å². The van der Waals surface area contributed by atoms with Crippen LogP contribution in [-0.4, -0.2) is 14.7 Å². The topological polar surface area (TPSA) is 38.0 Å². The van der Waals surface area contributed by atoms with Gasteiger partial charge >= 0.3 is 0 Å². The highest BCUT2D eigenvalue weighted by molar-refractivity contribution is 5.34. The summed E-state index contributed by atoms with van der Waals surface area (Å²) in [5.41, 5.74) is 4.80. The molecule has 0 fully saturated rings. The maximum absolute atomic E-state index is 10.4. The first-order valence-electron chi connectivity index (χ1n) is 7.23. The molecule has 0 saturated heterocycles. The predicted molar refractivity (Wildman–Crippen MR) is 79.6 cm³/mol. The Balaban J connectivity index is 2.01. The fraction of sp³-hybridized carbons (Fsp3) is 0.471. The molecule has 0 aromatic carbocycles. The van der Waals surface area contributed by atoms with E-state index in [9.17, 15) is 5.11 Å². The Labute approximate surface area is 120 Å². The molecule has 3 nitrogen and oxygen atoms in total. The molecule has 3 rings (SSSR count). The Morgan fingerprint density at radius 1 is 1.40 bits per heavy atom. The zero-order chi connectivity index (χ0) is 14.3. The molecule has 0 radical (unpaired) electrons. The smallest absolute Gasteiger partial charge is 0.0812 e. The average Bonchev–Trinajstić information content (AvgIpc) is 2.67. The molecule has 20 heavy (non-hydrogen) atoms. The number of rotatable bonds is 2. The molecule has 3 heteroatoms. The van der Waals surface area contributed by atoms with Crippen LogP contribution < -0.4 is 0 Å². The monoisotopic (exact) mass is 270 g/mol. The fourth-order valence-electron chi connectivity index (χ4n) is 3.27. The molecule has 1 unspecified atom stereocenters. The van der Waals surface area contributed by atoms with Gasteiger partial charge in [0.15, 0.2) is 0 Å². The molecule has 0 aliphatic heterocycles. The lowest BCUT2D eigenvalue weighted by atomic mass is 9.75. The lowest BCUT2D eigenvalue weighted by Crippen LogP contribution is -2.27. The summed E-state index contributed by atoms with van der Waals surface area (Å²) in [5, 5.41) is 10.4. The van der Waals surface area contributed by atoms with Crippen LogP contribution >= 0.6 is 0 Å². The summed E-state index contributed by atoms with van der Waals surface area (Å²) in [6.07, 6.45) is 3.35. The average molecular weight is 270 g/mol. The van der Waals surface area contributed by atoms with E-state index in [4.69, 9.17) is 0 Å². The van der Waals surface area contributed by atoms with Crippen molar-refractivity contribution >= 4 is 0 Å². The molecule has 0 spiro atoms. The summed E-state index contributed by atoms with van der Waals surface area (Å²) in [5.74, 6) is 0.